The van der Waals surface area contributed by atoms with Gasteiger partial charge in [-0.2, -0.15) is 0 Å². The van der Waals surface area contributed by atoms with Crippen molar-refractivity contribution in [2.45, 2.75) is 13.0 Å². The third-order valence-corrected chi connectivity index (χ3v) is 1.95. The van der Waals surface area contributed by atoms with E-state index in [0.29, 0.717) is 0 Å². The van der Waals surface area contributed by atoms with Crippen LogP contribution in [0.15, 0.2) is 18.2 Å². The van der Waals surface area contributed by atoms with Gasteiger partial charge in [0.2, 0.25) is 0 Å². The average molecular weight is 227 g/mol. The quantitative estimate of drug-likeness (QED) is 0.568. The molecule has 2 N–H and O–H groups in total. The average Bonchev–Trinajstić information content (AvgIpc) is 2.25. The Morgan fingerprint density at radius 2 is 2.25 bits per heavy atom. The van der Waals surface area contributed by atoms with E-state index in [1.54, 1.807) is 13.0 Å². The smallest absolute Gasteiger partial charge is 0.310 e. The van der Waals surface area contributed by atoms with Crippen molar-refractivity contribution in [2.24, 2.45) is 0 Å². The molecule has 16 heavy (non-hydrogen) atoms. The highest BCUT2D eigenvalue weighted by Crippen LogP contribution is 2.27. The van der Waals surface area contributed by atoms with E-state index in [0.717, 1.165) is 5.56 Å². The highest BCUT2D eigenvalue weighted by atomic mass is 16.6. The molecule has 0 spiro atoms. The number of hydrogen-bond acceptors (Lipinski definition) is 5. The lowest BCUT2D eigenvalue weighted by Gasteiger charge is -2.10. The molecule has 1 rings (SSSR count). The van der Waals surface area contributed by atoms with Crippen LogP contribution in [-0.4, -0.2) is 34.5 Å². The van der Waals surface area contributed by atoms with Gasteiger partial charge in [0.25, 0.3) is 0 Å². The number of nitro groups is 1. The topological polar surface area (TPSA) is 92.8 Å². The summed E-state index contributed by atoms with van der Waals surface area (Å²) in [6, 6.07) is 4.46. The van der Waals surface area contributed by atoms with Crippen molar-refractivity contribution < 1.29 is 19.9 Å². The number of ether oxygens (including phenoxy) is 1. The predicted octanol–water partition coefficient (Wildman–Crippen LogP) is 0.635. The number of benzene rings is 1. The maximum Gasteiger partial charge on any atom is 0.310 e. The van der Waals surface area contributed by atoms with Gasteiger partial charge in [0.05, 0.1) is 11.5 Å². The summed E-state index contributed by atoms with van der Waals surface area (Å²) in [4.78, 5) is 10.1. The second kappa shape index (κ2) is 5.43. The Hall–Kier alpha value is -1.66. The van der Waals surface area contributed by atoms with Gasteiger partial charge in [0.15, 0.2) is 5.75 Å². The van der Waals surface area contributed by atoms with Crippen LogP contribution >= 0.6 is 0 Å². The molecule has 0 fully saturated rings. The van der Waals surface area contributed by atoms with Gasteiger partial charge >= 0.3 is 5.69 Å². The van der Waals surface area contributed by atoms with Gasteiger partial charge in [0, 0.05) is 6.07 Å². The Bertz CT molecular complexity index is 379. The van der Waals surface area contributed by atoms with Gasteiger partial charge in [0.1, 0.15) is 12.7 Å². The Balaban J connectivity index is 2.84. The molecule has 0 radical (unpaired) electrons. The molecular formula is C10H13NO5. The normalized spacial score (nSPS) is 12.2. The van der Waals surface area contributed by atoms with Crippen molar-refractivity contribution in [1.29, 1.82) is 0 Å². The van der Waals surface area contributed by atoms with Gasteiger partial charge < -0.3 is 14.9 Å². The minimum Gasteiger partial charge on any atom is -0.484 e. The molecule has 0 aliphatic rings. The minimum absolute atomic E-state index is 0.0949. The van der Waals surface area contributed by atoms with Gasteiger partial charge in [-0.1, -0.05) is 6.07 Å². The number of nitrogens with zero attached hydrogens (tertiary/aromatic N) is 1. The lowest BCUT2D eigenvalue weighted by molar-refractivity contribution is -0.385. The molecule has 6 nitrogen and oxygen atoms in total. The van der Waals surface area contributed by atoms with Crippen LogP contribution in [0.2, 0.25) is 0 Å². The predicted molar refractivity (Wildman–Crippen MR) is 56.4 cm³/mol. The first-order valence-corrected chi connectivity index (χ1v) is 4.71. The second-order valence-electron chi connectivity index (χ2n) is 3.38. The van der Waals surface area contributed by atoms with Crippen LogP contribution in [0.4, 0.5) is 5.69 Å². The van der Waals surface area contributed by atoms with Crippen LogP contribution in [-0.2, 0) is 0 Å². The number of aryl methyl sites for hydroxylation is 1. The lowest BCUT2D eigenvalue weighted by Crippen LogP contribution is -2.21. The maximum atomic E-state index is 10.7. The zero-order valence-electron chi connectivity index (χ0n) is 8.79. The molecule has 0 aromatic heterocycles. The molecule has 0 heterocycles. The molecule has 1 atom stereocenters. The van der Waals surface area contributed by atoms with Crippen molar-refractivity contribution in [3.05, 3.63) is 33.9 Å². The largest absolute Gasteiger partial charge is 0.484 e. The van der Waals surface area contributed by atoms with Crippen molar-refractivity contribution >= 4 is 5.69 Å². The first-order valence-electron chi connectivity index (χ1n) is 4.71. The first kappa shape index (κ1) is 12.4. The number of hydrogen-bond donors (Lipinski definition) is 2. The van der Waals surface area contributed by atoms with Gasteiger partial charge in [-0.15, -0.1) is 0 Å². The number of rotatable bonds is 5. The molecule has 0 aliphatic carbocycles. The standard InChI is InChI=1S/C10H13NO5/c1-7-2-3-9(11(14)15)10(4-7)16-6-8(13)5-12/h2-4,8,12-13H,5-6H2,1H3. The van der Waals surface area contributed by atoms with Gasteiger partial charge in [-0.05, 0) is 18.6 Å². The monoisotopic (exact) mass is 227 g/mol. The van der Waals surface area contributed by atoms with Crippen molar-refractivity contribution in [2.75, 3.05) is 13.2 Å². The van der Waals surface area contributed by atoms with Crippen molar-refractivity contribution in [1.82, 2.24) is 0 Å². The van der Waals surface area contributed by atoms with Crippen LogP contribution < -0.4 is 4.74 Å². The third-order valence-electron chi connectivity index (χ3n) is 1.95. The SMILES string of the molecule is Cc1ccc([N+](=O)[O-])c(OCC(O)CO)c1. The highest BCUT2D eigenvalue weighted by Gasteiger charge is 2.15. The fourth-order valence-electron chi connectivity index (χ4n) is 1.13. The molecule has 1 aromatic carbocycles. The van der Waals surface area contributed by atoms with Crippen LogP contribution in [0.25, 0.3) is 0 Å². The lowest BCUT2D eigenvalue weighted by atomic mass is 10.2. The maximum absolute atomic E-state index is 10.7. The van der Waals surface area contributed by atoms with E-state index in [-0.39, 0.29) is 18.0 Å². The molecule has 0 aliphatic heterocycles. The summed E-state index contributed by atoms with van der Waals surface area (Å²) in [5.74, 6) is 0.0949. The summed E-state index contributed by atoms with van der Waals surface area (Å²) in [5, 5.41) is 28.3. The Kier molecular flexibility index (Phi) is 4.21. The minimum atomic E-state index is -1.04. The molecule has 0 saturated heterocycles. The van der Waals surface area contributed by atoms with Crippen LogP contribution in [0.1, 0.15) is 5.56 Å². The molecule has 0 bridgehead atoms. The third kappa shape index (κ3) is 3.18. The van der Waals surface area contributed by atoms with Gasteiger partial charge in [-0.3, -0.25) is 10.1 Å². The summed E-state index contributed by atoms with van der Waals surface area (Å²) < 4.78 is 5.08. The summed E-state index contributed by atoms with van der Waals surface area (Å²) >= 11 is 0. The summed E-state index contributed by atoms with van der Waals surface area (Å²) in [7, 11) is 0. The van der Waals surface area contributed by atoms with Crippen molar-refractivity contribution in [3.8, 4) is 5.75 Å². The number of nitro benzene ring substituents is 1. The van der Waals surface area contributed by atoms with Crippen LogP contribution in [0.5, 0.6) is 5.75 Å². The van der Waals surface area contributed by atoms with E-state index in [9.17, 15) is 10.1 Å². The van der Waals surface area contributed by atoms with E-state index in [1.807, 2.05) is 0 Å². The Morgan fingerprint density at radius 1 is 1.56 bits per heavy atom. The summed E-state index contributed by atoms with van der Waals surface area (Å²) in [6.07, 6.45) is -1.04. The molecule has 88 valence electrons. The molecule has 0 amide bonds. The van der Waals surface area contributed by atoms with Gasteiger partial charge in [-0.25, -0.2) is 0 Å². The molecular weight excluding hydrogens is 214 g/mol. The van der Waals surface area contributed by atoms with Crippen LogP contribution in [0, 0.1) is 17.0 Å². The number of aliphatic hydroxyl groups excluding tert-OH is 2. The fraction of sp³-hybridized carbons (Fsp3) is 0.400. The van der Waals surface area contributed by atoms with E-state index >= 15 is 0 Å². The second-order valence-corrected chi connectivity index (χ2v) is 3.38. The molecule has 0 saturated carbocycles. The summed E-state index contributed by atoms with van der Waals surface area (Å²) in [5.41, 5.74) is 0.662. The first-order chi connectivity index (χ1) is 7.54. The fourth-order valence-corrected chi connectivity index (χ4v) is 1.13. The van der Waals surface area contributed by atoms with E-state index in [2.05, 4.69) is 0 Å². The highest BCUT2D eigenvalue weighted by molar-refractivity contribution is 5.48. The Labute approximate surface area is 92.2 Å². The van der Waals surface area contributed by atoms with Crippen LogP contribution in [0.3, 0.4) is 0 Å². The Morgan fingerprint density at radius 3 is 2.81 bits per heavy atom. The van der Waals surface area contributed by atoms with E-state index < -0.39 is 17.6 Å². The zero-order chi connectivity index (χ0) is 12.1. The summed E-state index contributed by atoms with van der Waals surface area (Å²) in [6.45, 7) is 1.15. The zero-order valence-corrected chi connectivity index (χ0v) is 8.79. The number of aliphatic hydroxyl groups is 2. The van der Waals surface area contributed by atoms with E-state index in [1.165, 1.54) is 12.1 Å². The molecule has 1 unspecified atom stereocenters. The van der Waals surface area contributed by atoms with Crippen molar-refractivity contribution in [3.63, 3.8) is 0 Å². The molecule has 6 heteroatoms. The molecule has 1 aromatic rings. The van der Waals surface area contributed by atoms with E-state index in [4.69, 9.17) is 14.9 Å².